The number of nitrogen functional groups attached to an aromatic ring is 1. The lowest BCUT2D eigenvalue weighted by molar-refractivity contribution is 0.0535. The fraction of sp³-hybridized carbons (Fsp3) is 0.360. The maximum atomic E-state index is 13.2. The van der Waals surface area contributed by atoms with Gasteiger partial charge in [0.25, 0.3) is 11.8 Å². The molecule has 0 atom stereocenters. The molecule has 0 unspecified atom stereocenters. The molecule has 6 N–H and O–H groups in total. The number of benzene rings is 2. The van der Waals surface area contributed by atoms with Crippen molar-refractivity contribution in [3.8, 4) is 0 Å². The van der Waals surface area contributed by atoms with Gasteiger partial charge in [0.2, 0.25) is 0 Å². The molecule has 11 heteroatoms. The van der Waals surface area contributed by atoms with Gasteiger partial charge in [-0.05, 0) is 35.9 Å². The number of halogens is 1. The zero-order chi connectivity index (χ0) is 25.8. The first kappa shape index (κ1) is 25.5. The van der Waals surface area contributed by atoms with E-state index in [2.05, 4.69) is 4.90 Å². The molecule has 2 saturated heterocycles. The third-order valence-corrected chi connectivity index (χ3v) is 6.84. The molecule has 2 aromatic carbocycles. The van der Waals surface area contributed by atoms with Crippen LogP contribution in [0.2, 0.25) is 5.02 Å². The minimum absolute atomic E-state index is 0.0409. The predicted octanol–water partition coefficient (Wildman–Crippen LogP) is 1.23. The third-order valence-electron chi connectivity index (χ3n) is 6.62. The summed E-state index contributed by atoms with van der Waals surface area (Å²) >= 11 is 6.36. The van der Waals surface area contributed by atoms with Crippen LogP contribution < -0.4 is 11.5 Å². The van der Waals surface area contributed by atoms with Gasteiger partial charge in [-0.3, -0.25) is 25.3 Å². The first-order valence-electron chi connectivity index (χ1n) is 11.8. The molecule has 0 aromatic heterocycles. The van der Waals surface area contributed by atoms with Crippen LogP contribution in [-0.4, -0.2) is 95.6 Å². The summed E-state index contributed by atoms with van der Waals surface area (Å²) in [5.74, 6) is -0.149. The third kappa shape index (κ3) is 5.95. The topological polar surface area (TPSA) is 147 Å². The number of carbonyl (C=O) groups is 2. The summed E-state index contributed by atoms with van der Waals surface area (Å²) in [6, 6.07) is 12.1. The van der Waals surface area contributed by atoms with Crippen LogP contribution in [0.15, 0.2) is 42.5 Å². The highest BCUT2D eigenvalue weighted by molar-refractivity contribution is 6.31. The average Bonchev–Trinajstić information content (AvgIpc) is 2.88. The van der Waals surface area contributed by atoms with E-state index >= 15 is 0 Å². The highest BCUT2D eigenvalue weighted by Crippen LogP contribution is 2.20. The Kier molecular flexibility index (Phi) is 7.76. The molecule has 4 rings (SSSR count). The van der Waals surface area contributed by atoms with Gasteiger partial charge >= 0.3 is 0 Å². The van der Waals surface area contributed by atoms with E-state index in [1.165, 1.54) is 0 Å². The van der Waals surface area contributed by atoms with Crippen LogP contribution in [0.4, 0.5) is 0 Å². The lowest BCUT2D eigenvalue weighted by atomic mass is 10.1. The van der Waals surface area contributed by atoms with Crippen molar-refractivity contribution >= 4 is 35.2 Å². The Morgan fingerprint density at radius 3 is 1.75 bits per heavy atom. The van der Waals surface area contributed by atoms with Crippen LogP contribution in [0.3, 0.4) is 0 Å². The molecule has 2 aliphatic rings. The number of nitrogens with two attached hydrogens (primary N) is 2. The number of hydrogen-bond acceptors (Lipinski definition) is 5. The number of amides is 2. The molecule has 0 saturated carbocycles. The summed E-state index contributed by atoms with van der Waals surface area (Å²) in [5, 5.41) is 15.6. The quantitative estimate of drug-likeness (QED) is 0.351. The first-order valence-corrected chi connectivity index (χ1v) is 12.2. The second-order valence-electron chi connectivity index (χ2n) is 9.07. The standard InChI is InChI=1S/C25H31ClN8O2/c26-21-14-17(16-31-5-7-34(8-6-31)25(29)30)13-20(15-21)24(36)33-11-9-32(10-12-33)23(35)19-3-1-18(2-4-19)22(27)28/h1-4,13-15H,5-12,16H2,(H3,27,28)(H3,29,30). The Hall–Kier alpha value is -3.63. The monoisotopic (exact) mass is 510 g/mol. The lowest BCUT2D eigenvalue weighted by Gasteiger charge is -2.35. The lowest BCUT2D eigenvalue weighted by Crippen LogP contribution is -2.50. The van der Waals surface area contributed by atoms with Crippen molar-refractivity contribution in [1.29, 1.82) is 10.8 Å². The molecule has 0 spiro atoms. The van der Waals surface area contributed by atoms with Crippen molar-refractivity contribution in [2.45, 2.75) is 6.54 Å². The molecular formula is C25H31ClN8O2. The van der Waals surface area contributed by atoms with Crippen LogP contribution >= 0.6 is 11.6 Å². The molecule has 0 bridgehead atoms. The minimum Gasteiger partial charge on any atom is -0.384 e. The van der Waals surface area contributed by atoms with Gasteiger partial charge in [-0.25, -0.2) is 0 Å². The van der Waals surface area contributed by atoms with Crippen molar-refractivity contribution in [2.75, 3.05) is 52.4 Å². The van der Waals surface area contributed by atoms with Gasteiger partial charge in [0, 0.05) is 80.6 Å². The Morgan fingerprint density at radius 1 is 0.722 bits per heavy atom. The highest BCUT2D eigenvalue weighted by Gasteiger charge is 2.26. The highest BCUT2D eigenvalue weighted by atomic mass is 35.5. The van der Waals surface area contributed by atoms with Crippen LogP contribution in [0.25, 0.3) is 0 Å². The van der Waals surface area contributed by atoms with E-state index in [1.807, 2.05) is 17.0 Å². The van der Waals surface area contributed by atoms with Crippen molar-refractivity contribution in [3.63, 3.8) is 0 Å². The second kappa shape index (κ2) is 11.0. The van der Waals surface area contributed by atoms with Crippen LogP contribution in [0.1, 0.15) is 31.8 Å². The molecule has 2 fully saturated rings. The molecule has 0 aliphatic carbocycles. The Bertz CT molecular complexity index is 1150. The van der Waals surface area contributed by atoms with E-state index in [1.54, 1.807) is 40.1 Å². The number of guanidine groups is 1. The van der Waals surface area contributed by atoms with E-state index in [0.29, 0.717) is 67.5 Å². The van der Waals surface area contributed by atoms with Gasteiger partial charge in [0.05, 0.1) is 0 Å². The van der Waals surface area contributed by atoms with Gasteiger partial charge in [0.1, 0.15) is 5.84 Å². The molecule has 2 aliphatic heterocycles. The maximum absolute atomic E-state index is 13.2. The average molecular weight is 511 g/mol. The largest absolute Gasteiger partial charge is 0.384 e. The molecule has 2 amide bonds. The van der Waals surface area contributed by atoms with Crippen molar-refractivity contribution < 1.29 is 9.59 Å². The van der Waals surface area contributed by atoms with E-state index in [9.17, 15) is 9.59 Å². The van der Waals surface area contributed by atoms with Crippen molar-refractivity contribution in [1.82, 2.24) is 19.6 Å². The van der Waals surface area contributed by atoms with Gasteiger partial charge in [-0.15, -0.1) is 0 Å². The smallest absolute Gasteiger partial charge is 0.254 e. The SMILES string of the molecule is N=C(N)c1ccc(C(=O)N2CCN(C(=O)c3cc(Cl)cc(CN4CCN(C(=N)N)CC4)c3)CC2)cc1. The maximum Gasteiger partial charge on any atom is 0.254 e. The number of carbonyl (C=O) groups excluding carboxylic acids is 2. The number of hydrogen-bond donors (Lipinski definition) is 4. The van der Waals surface area contributed by atoms with Gasteiger partial charge in [-0.1, -0.05) is 23.7 Å². The summed E-state index contributed by atoms with van der Waals surface area (Å²) < 4.78 is 0. The Balaban J connectivity index is 1.34. The first-order chi connectivity index (χ1) is 17.2. The van der Waals surface area contributed by atoms with Crippen LogP contribution in [0.5, 0.6) is 0 Å². The van der Waals surface area contributed by atoms with Crippen molar-refractivity contribution in [2.24, 2.45) is 11.5 Å². The Morgan fingerprint density at radius 2 is 1.22 bits per heavy atom. The zero-order valence-corrected chi connectivity index (χ0v) is 20.8. The van der Waals surface area contributed by atoms with Crippen LogP contribution in [0, 0.1) is 10.8 Å². The van der Waals surface area contributed by atoms with Gasteiger partial charge in [0.15, 0.2) is 5.96 Å². The van der Waals surface area contributed by atoms with E-state index in [-0.39, 0.29) is 23.6 Å². The summed E-state index contributed by atoms with van der Waals surface area (Å²) in [5.41, 5.74) is 13.7. The Labute approximate surface area is 215 Å². The minimum atomic E-state index is -0.105. The summed E-state index contributed by atoms with van der Waals surface area (Å²) in [7, 11) is 0. The number of amidine groups is 1. The van der Waals surface area contributed by atoms with Crippen molar-refractivity contribution in [3.05, 3.63) is 69.7 Å². The molecule has 0 radical (unpaired) electrons. The fourth-order valence-electron chi connectivity index (χ4n) is 4.54. The molecule has 10 nitrogen and oxygen atoms in total. The molecule has 190 valence electrons. The molecule has 36 heavy (non-hydrogen) atoms. The molecule has 2 heterocycles. The van der Waals surface area contributed by atoms with Gasteiger partial charge < -0.3 is 26.2 Å². The number of nitrogens with zero attached hydrogens (tertiary/aromatic N) is 4. The number of nitrogens with one attached hydrogen (secondary N) is 2. The zero-order valence-electron chi connectivity index (χ0n) is 20.0. The van der Waals surface area contributed by atoms with Gasteiger partial charge in [-0.2, -0.15) is 0 Å². The van der Waals surface area contributed by atoms with E-state index < -0.39 is 0 Å². The summed E-state index contributed by atoms with van der Waals surface area (Å²) in [4.78, 5) is 33.7. The summed E-state index contributed by atoms with van der Waals surface area (Å²) in [6.07, 6.45) is 0. The van der Waals surface area contributed by atoms with E-state index in [4.69, 9.17) is 33.9 Å². The molecular weight excluding hydrogens is 480 g/mol. The predicted molar refractivity (Wildman–Crippen MR) is 139 cm³/mol. The fourth-order valence-corrected chi connectivity index (χ4v) is 4.80. The number of piperazine rings is 2. The summed E-state index contributed by atoms with van der Waals surface area (Å²) in [6.45, 7) is 5.37. The number of rotatable bonds is 5. The van der Waals surface area contributed by atoms with E-state index in [0.717, 1.165) is 18.7 Å². The van der Waals surface area contributed by atoms with Crippen LogP contribution in [-0.2, 0) is 6.54 Å². The normalized spacial score (nSPS) is 16.6. The molecule has 2 aromatic rings. The second-order valence-corrected chi connectivity index (χ2v) is 9.51.